The molecule has 16 heavy (non-hydrogen) atoms. The van der Waals surface area contributed by atoms with Crippen LogP contribution in [0.25, 0.3) is 0 Å². The molecule has 1 saturated heterocycles. The van der Waals surface area contributed by atoms with E-state index in [4.69, 9.17) is 0 Å². The van der Waals surface area contributed by atoms with Gasteiger partial charge in [-0.3, -0.25) is 14.2 Å². The predicted molar refractivity (Wildman–Crippen MR) is 62.7 cm³/mol. The van der Waals surface area contributed by atoms with E-state index in [-0.39, 0.29) is 17.3 Å². The highest BCUT2D eigenvalue weighted by molar-refractivity contribution is 7.07. The topological polar surface area (TPSA) is 45.5 Å². The van der Waals surface area contributed by atoms with Crippen LogP contribution in [0.4, 0.5) is 0 Å². The molecule has 0 radical (unpaired) electrons. The molecule has 0 saturated carbocycles. The maximum absolute atomic E-state index is 11.9. The second kappa shape index (κ2) is 4.80. The number of piperazine rings is 1. The van der Waals surface area contributed by atoms with Crippen LogP contribution in [0.15, 0.2) is 16.4 Å². The van der Waals surface area contributed by atoms with E-state index in [1.165, 1.54) is 4.57 Å². The first-order chi connectivity index (χ1) is 7.66. The molecule has 0 bridgehead atoms. The van der Waals surface area contributed by atoms with Gasteiger partial charge in [0, 0.05) is 37.8 Å². The van der Waals surface area contributed by atoms with Crippen LogP contribution in [-0.2, 0) is 11.3 Å². The summed E-state index contributed by atoms with van der Waals surface area (Å²) in [4.78, 5) is 27.1. The lowest BCUT2D eigenvalue weighted by atomic mass is 10.3. The molecule has 0 aromatic carbocycles. The van der Waals surface area contributed by atoms with E-state index >= 15 is 0 Å². The molecule has 1 amide bonds. The van der Waals surface area contributed by atoms with Crippen molar-refractivity contribution >= 4 is 17.2 Å². The van der Waals surface area contributed by atoms with Gasteiger partial charge in [-0.2, -0.15) is 0 Å². The molecule has 0 aliphatic carbocycles. The van der Waals surface area contributed by atoms with Crippen LogP contribution in [0.1, 0.15) is 0 Å². The molecule has 1 aromatic rings. The van der Waals surface area contributed by atoms with Gasteiger partial charge >= 0.3 is 4.87 Å². The van der Waals surface area contributed by atoms with Crippen molar-refractivity contribution in [3.8, 4) is 0 Å². The Morgan fingerprint density at radius 1 is 1.38 bits per heavy atom. The third kappa shape index (κ3) is 2.51. The number of likely N-dealkylation sites (N-methyl/N-ethyl adjacent to an activating group) is 1. The van der Waals surface area contributed by atoms with Gasteiger partial charge in [-0.1, -0.05) is 11.3 Å². The fraction of sp³-hybridized carbons (Fsp3) is 0.600. The predicted octanol–water partition coefficient (Wildman–Crippen LogP) is -0.316. The largest absolute Gasteiger partial charge is 0.339 e. The van der Waals surface area contributed by atoms with Crippen LogP contribution in [0.2, 0.25) is 0 Å². The second-order valence-electron chi connectivity index (χ2n) is 3.98. The summed E-state index contributed by atoms with van der Waals surface area (Å²) in [6, 6.07) is 0. The highest BCUT2D eigenvalue weighted by Crippen LogP contribution is 2.01. The van der Waals surface area contributed by atoms with Crippen molar-refractivity contribution in [1.82, 2.24) is 14.4 Å². The number of carbonyl (C=O) groups excluding carboxylic acids is 1. The highest BCUT2D eigenvalue weighted by Gasteiger charge is 2.19. The number of nitrogens with zero attached hydrogens (tertiary/aromatic N) is 3. The van der Waals surface area contributed by atoms with Gasteiger partial charge in [0.15, 0.2) is 0 Å². The number of carbonyl (C=O) groups is 1. The first kappa shape index (κ1) is 11.3. The molecule has 2 heterocycles. The maximum Gasteiger partial charge on any atom is 0.307 e. The van der Waals surface area contributed by atoms with Crippen molar-refractivity contribution in [2.75, 3.05) is 33.2 Å². The van der Waals surface area contributed by atoms with Gasteiger partial charge in [-0.05, 0) is 7.05 Å². The average molecular weight is 241 g/mol. The quantitative estimate of drug-likeness (QED) is 0.713. The number of hydrogen-bond acceptors (Lipinski definition) is 4. The summed E-state index contributed by atoms with van der Waals surface area (Å²) in [5, 5.41) is 1.71. The molecule has 0 spiro atoms. The van der Waals surface area contributed by atoms with Crippen molar-refractivity contribution in [3.05, 3.63) is 21.2 Å². The third-order valence-electron chi connectivity index (χ3n) is 2.81. The molecule has 1 aromatic heterocycles. The van der Waals surface area contributed by atoms with Crippen molar-refractivity contribution < 1.29 is 4.79 Å². The summed E-state index contributed by atoms with van der Waals surface area (Å²) in [6.07, 6.45) is 1.67. The van der Waals surface area contributed by atoms with E-state index < -0.39 is 0 Å². The Kier molecular flexibility index (Phi) is 3.40. The van der Waals surface area contributed by atoms with E-state index in [0.29, 0.717) is 0 Å². The SMILES string of the molecule is CN1CCN(C(=O)Cn2ccsc2=O)CC1. The number of amides is 1. The minimum Gasteiger partial charge on any atom is -0.339 e. The van der Waals surface area contributed by atoms with Gasteiger partial charge in [-0.25, -0.2) is 0 Å². The first-order valence-electron chi connectivity index (χ1n) is 5.27. The van der Waals surface area contributed by atoms with E-state index in [9.17, 15) is 9.59 Å². The lowest BCUT2D eigenvalue weighted by molar-refractivity contribution is -0.133. The molecule has 1 aliphatic rings. The summed E-state index contributed by atoms with van der Waals surface area (Å²) in [5.74, 6) is 0.0357. The fourth-order valence-electron chi connectivity index (χ4n) is 1.71. The Morgan fingerprint density at radius 2 is 2.06 bits per heavy atom. The molecular weight excluding hydrogens is 226 g/mol. The Morgan fingerprint density at radius 3 is 2.62 bits per heavy atom. The Hall–Kier alpha value is -1.14. The molecule has 0 atom stereocenters. The zero-order valence-electron chi connectivity index (χ0n) is 9.26. The Bertz CT molecular complexity index is 418. The molecule has 1 aliphatic heterocycles. The molecular formula is C10H15N3O2S. The molecule has 0 unspecified atom stereocenters. The lowest BCUT2D eigenvalue weighted by Gasteiger charge is -2.32. The molecule has 1 fully saturated rings. The zero-order valence-corrected chi connectivity index (χ0v) is 10.1. The van der Waals surface area contributed by atoms with Gasteiger partial charge in [0.05, 0.1) is 0 Å². The summed E-state index contributed by atoms with van der Waals surface area (Å²) in [7, 11) is 2.05. The highest BCUT2D eigenvalue weighted by atomic mass is 32.1. The van der Waals surface area contributed by atoms with Crippen molar-refractivity contribution in [3.63, 3.8) is 0 Å². The van der Waals surface area contributed by atoms with Crippen molar-refractivity contribution in [2.24, 2.45) is 0 Å². The number of aromatic nitrogens is 1. The van der Waals surface area contributed by atoms with Crippen LogP contribution >= 0.6 is 11.3 Å². The van der Waals surface area contributed by atoms with Gasteiger partial charge in [0.2, 0.25) is 5.91 Å². The fourth-order valence-corrected chi connectivity index (χ4v) is 2.29. The zero-order chi connectivity index (χ0) is 11.5. The summed E-state index contributed by atoms with van der Waals surface area (Å²) in [6.45, 7) is 3.50. The van der Waals surface area contributed by atoms with Gasteiger partial charge in [-0.15, -0.1) is 0 Å². The van der Waals surface area contributed by atoms with Crippen molar-refractivity contribution in [1.29, 1.82) is 0 Å². The first-order valence-corrected chi connectivity index (χ1v) is 6.15. The van der Waals surface area contributed by atoms with Crippen LogP contribution in [0.3, 0.4) is 0 Å². The second-order valence-corrected chi connectivity index (χ2v) is 4.84. The maximum atomic E-state index is 11.9. The standard InChI is InChI=1S/C10H15N3O2S/c1-11-2-4-12(5-3-11)9(14)8-13-6-7-16-10(13)15/h6-7H,2-5,8H2,1H3. The van der Waals surface area contributed by atoms with Crippen LogP contribution in [-0.4, -0.2) is 53.5 Å². The average Bonchev–Trinajstić information content (AvgIpc) is 2.65. The minimum atomic E-state index is -0.0672. The monoisotopic (exact) mass is 241 g/mol. The van der Waals surface area contributed by atoms with Crippen LogP contribution < -0.4 is 4.87 Å². The summed E-state index contributed by atoms with van der Waals surface area (Å²) >= 11 is 1.12. The molecule has 88 valence electrons. The van der Waals surface area contributed by atoms with Crippen LogP contribution in [0.5, 0.6) is 0 Å². The number of thiazole rings is 1. The van der Waals surface area contributed by atoms with E-state index in [1.54, 1.807) is 11.6 Å². The number of hydrogen-bond donors (Lipinski definition) is 0. The molecule has 6 heteroatoms. The summed E-state index contributed by atoms with van der Waals surface area (Å²) in [5.41, 5.74) is 0. The Labute approximate surface area is 97.9 Å². The smallest absolute Gasteiger partial charge is 0.307 e. The minimum absolute atomic E-state index is 0.0357. The van der Waals surface area contributed by atoms with Gasteiger partial charge < -0.3 is 9.80 Å². The van der Waals surface area contributed by atoms with E-state index in [1.807, 2.05) is 11.9 Å². The van der Waals surface area contributed by atoms with Gasteiger partial charge in [0.1, 0.15) is 6.54 Å². The van der Waals surface area contributed by atoms with E-state index in [2.05, 4.69) is 4.90 Å². The summed E-state index contributed by atoms with van der Waals surface area (Å²) < 4.78 is 1.46. The number of rotatable bonds is 2. The van der Waals surface area contributed by atoms with E-state index in [0.717, 1.165) is 37.5 Å². The normalized spacial score (nSPS) is 17.7. The lowest BCUT2D eigenvalue weighted by Crippen LogP contribution is -2.48. The van der Waals surface area contributed by atoms with Gasteiger partial charge in [0.25, 0.3) is 0 Å². The molecule has 0 N–H and O–H groups in total. The molecule has 2 rings (SSSR count). The van der Waals surface area contributed by atoms with Crippen LogP contribution in [0, 0.1) is 0 Å². The molecule has 5 nitrogen and oxygen atoms in total. The van der Waals surface area contributed by atoms with Crippen molar-refractivity contribution in [2.45, 2.75) is 6.54 Å². The Balaban J connectivity index is 1.94. The third-order valence-corrected chi connectivity index (χ3v) is 3.50.